The molecule has 23 heavy (non-hydrogen) atoms. The number of rotatable bonds is 14. The first-order valence-electron chi connectivity index (χ1n) is 7.81. The Labute approximate surface area is 138 Å². The molecule has 10 heteroatoms. The highest BCUT2D eigenvalue weighted by Crippen LogP contribution is 2.79. The van der Waals surface area contributed by atoms with E-state index in [-0.39, 0.29) is 45.9 Å². The normalized spacial score (nSPS) is 13.5. The molecule has 0 saturated carbocycles. The van der Waals surface area contributed by atoms with E-state index in [2.05, 4.69) is 0 Å². The third-order valence-corrected chi connectivity index (χ3v) is 9.43. The SMILES string of the molecule is CCOP(=O)(OCC)C(CCCO)(OC)P(=O)(OCC)OCC. The molecule has 1 N–H and O–H groups in total. The van der Waals surface area contributed by atoms with Gasteiger partial charge in [0.2, 0.25) is 0 Å². The van der Waals surface area contributed by atoms with Crippen molar-refractivity contribution in [3.05, 3.63) is 0 Å². The van der Waals surface area contributed by atoms with Gasteiger partial charge in [0, 0.05) is 20.1 Å². The maximum atomic E-state index is 13.4. The fourth-order valence-corrected chi connectivity index (χ4v) is 7.74. The Morgan fingerprint density at radius 1 is 0.826 bits per heavy atom. The van der Waals surface area contributed by atoms with E-state index in [1.165, 1.54) is 7.11 Å². The summed E-state index contributed by atoms with van der Waals surface area (Å²) in [5.74, 6) is 0. The molecule has 0 rings (SSSR count). The molecule has 0 radical (unpaired) electrons. The monoisotopic (exact) mass is 376 g/mol. The summed E-state index contributed by atoms with van der Waals surface area (Å²) < 4.78 is 53.6. The van der Waals surface area contributed by atoms with Crippen molar-refractivity contribution >= 4 is 15.2 Å². The fourth-order valence-electron chi connectivity index (χ4n) is 2.22. The minimum Gasteiger partial charge on any atom is -0.396 e. The van der Waals surface area contributed by atoms with E-state index in [1.807, 2.05) is 0 Å². The van der Waals surface area contributed by atoms with E-state index in [4.69, 9.17) is 22.8 Å². The second kappa shape index (κ2) is 11.0. The molecule has 0 unspecified atom stereocenters. The predicted octanol–water partition coefficient (Wildman–Crippen LogP) is 3.59. The van der Waals surface area contributed by atoms with Crippen LogP contribution in [0.5, 0.6) is 0 Å². The summed E-state index contributed by atoms with van der Waals surface area (Å²) in [4.78, 5) is 0. The Kier molecular flexibility index (Phi) is 11.1. The third-order valence-electron chi connectivity index (χ3n) is 3.04. The van der Waals surface area contributed by atoms with Crippen LogP contribution in [0.15, 0.2) is 0 Å². The second-order valence-corrected chi connectivity index (χ2v) is 9.26. The van der Waals surface area contributed by atoms with Crippen LogP contribution in [0.3, 0.4) is 0 Å². The van der Waals surface area contributed by atoms with Crippen LogP contribution in [0, 0.1) is 0 Å². The van der Waals surface area contributed by atoms with Crippen LogP contribution in [0.2, 0.25) is 0 Å². The first-order valence-corrected chi connectivity index (χ1v) is 10.9. The molecule has 0 atom stereocenters. The first-order chi connectivity index (χ1) is 10.9. The van der Waals surface area contributed by atoms with Crippen molar-refractivity contribution < 1.29 is 37.1 Å². The molecule has 0 aliphatic rings. The van der Waals surface area contributed by atoms with Crippen LogP contribution in [0.25, 0.3) is 0 Å². The smallest absolute Gasteiger partial charge is 0.374 e. The van der Waals surface area contributed by atoms with Crippen molar-refractivity contribution in [2.75, 3.05) is 40.1 Å². The van der Waals surface area contributed by atoms with Crippen LogP contribution in [0.1, 0.15) is 40.5 Å². The summed E-state index contributed by atoms with van der Waals surface area (Å²) >= 11 is 0. The third kappa shape index (κ3) is 5.10. The van der Waals surface area contributed by atoms with Gasteiger partial charge in [0.15, 0.2) is 0 Å². The van der Waals surface area contributed by atoms with Crippen LogP contribution in [-0.4, -0.2) is 50.3 Å². The van der Waals surface area contributed by atoms with Gasteiger partial charge in [-0.05, 0) is 34.1 Å². The number of hydrogen-bond acceptors (Lipinski definition) is 8. The highest BCUT2D eigenvalue weighted by molar-refractivity contribution is 7.74. The number of methoxy groups -OCH3 is 1. The average Bonchev–Trinajstić information content (AvgIpc) is 2.49. The van der Waals surface area contributed by atoms with Gasteiger partial charge in [0.25, 0.3) is 5.08 Å². The van der Waals surface area contributed by atoms with Gasteiger partial charge in [-0.1, -0.05) is 0 Å². The summed E-state index contributed by atoms with van der Waals surface area (Å²) in [6.45, 7) is 6.64. The zero-order chi connectivity index (χ0) is 18.0. The molecule has 0 spiro atoms. The first kappa shape index (κ1) is 23.2. The molecule has 8 nitrogen and oxygen atoms in total. The van der Waals surface area contributed by atoms with E-state index in [0.717, 1.165) is 0 Å². The number of hydrogen-bond donors (Lipinski definition) is 1. The molecule has 0 aromatic carbocycles. The Morgan fingerprint density at radius 2 is 1.17 bits per heavy atom. The van der Waals surface area contributed by atoms with Crippen molar-refractivity contribution in [2.24, 2.45) is 0 Å². The lowest BCUT2D eigenvalue weighted by atomic mass is 10.3. The zero-order valence-corrected chi connectivity index (χ0v) is 16.4. The molecular formula is C13H30O8P2. The molecule has 0 aromatic rings. The minimum absolute atomic E-state index is 0.0610. The Morgan fingerprint density at radius 3 is 1.39 bits per heavy atom. The lowest BCUT2D eigenvalue weighted by molar-refractivity contribution is 0.0380. The molecule has 0 aromatic heterocycles. The van der Waals surface area contributed by atoms with E-state index in [1.54, 1.807) is 27.7 Å². The zero-order valence-electron chi connectivity index (χ0n) is 14.6. The molecular weight excluding hydrogens is 346 g/mol. The molecule has 0 aliphatic heterocycles. The van der Waals surface area contributed by atoms with Gasteiger partial charge in [-0.25, -0.2) is 0 Å². The minimum atomic E-state index is -4.02. The molecule has 140 valence electrons. The maximum absolute atomic E-state index is 13.4. The summed E-state index contributed by atoms with van der Waals surface area (Å²) in [5, 5.41) is 7.25. The molecule has 0 amide bonds. The van der Waals surface area contributed by atoms with Gasteiger partial charge in [-0.2, -0.15) is 0 Å². The summed E-state index contributed by atoms with van der Waals surface area (Å²) in [7, 11) is -6.78. The summed E-state index contributed by atoms with van der Waals surface area (Å²) in [5.41, 5.74) is 0. The number of ether oxygens (including phenoxy) is 1. The van der Waals surface area contributed by atoms with Crippen LogP contribution in [0.4, 0.5) is 0 Å². The lowest BCUT2D eigenvalue weighted by Gasteiger charge is -2.40. The van der Waals surface area contributed by atoms with Gasteiger partial charge < -0.3 is 27.9 Å². The van der Waals surface area contributed by atoms with Crippen molar-refractivity contribution in [1.29, 1.82) is 0 Å². The fraction of sp³-hybridized carbons (Fsp3) is 1.00. The van der Waals surface area contributed by atoms with Gasteiger partial charge in [0.1, 0.15) is 0 Å². The molecule has 0 fully saturated rings. The van der Waals surface area contributed by atoms with Crippen LogP contribution in [-0.2, 0) is 32.0 Å². The molecule has 0 bridgehead atoms. The Bertz CT molecular complexity index is 365. The van der Waals surface area contributed by atoms with Gasteiger partial charge in [0.05, 0.1) is 26.4 Å². The van der Waals surface area contributed by atoms with E-state index >= 15 is 0 Å². The van der Waals surface area contributed by atoms with Crippen LogP contribution >= 0.6 is 15.2 Å². The largest absolute Gasteiger partial charge is 0.396 e. The number of aliphatic hydroxyl groups excluding tert-OH is 1. The topological polar surface area (TPSA) is 101 Å². The van der Waals surface area contributed by atoms with Crippen molar-refractivity contribution in [2.45, 2.75) is 45.6 Å². The molecule has 0 aliphatic carbocycles. The van der Waals surface area contributed by atoms with E-state index < -0.39 is 20.3 Å². The second-order valence-electron chi connectivity index (χ2n) is 4.44. The summed E-state index contributed by atoms with van der Waals surface area (Å²) in [6.07, 6.45) is 0.108. The van der Waals surface area contributed by atoms with Crippen molar-refractivity contribution in [3.63, 3.8) is 0 Å². The van der Waals surface area contributed by atoms with Gasteiger partial charge in [-0.15, -0.1) is 0 Å². The Balaban J connectivity index is 6.23. The van der Waals surface area contributed by atoms with Crippen LogP contribution < -0.4 is 0 Å². The molecule has 0 saturated heterocycles. The van der Waals surface area contributed by atoms with Crippen molar-refractivity contribution in [3.8, 4) is 0 Å². The van der Waals surface area contributed by atoms with E-state index in [9.17, 15) is 14.2 Å². The summed E-state index contributed by atoms with van der Waals surface area (Å²) in [6, 6.07) is 0. The quantitative estimate of drug-likeness (QED) is 0.459. The number of aliphatic hydroxyl groups is 1. The lowest BCUT2D eigenvalue weighted by Crippen LogP contribution is -2.35. The van der Waals surface area contributed by atoms with Crippen molar-refractivity contribution in [1.82, 2.24) is 0 Å². The average molecular weight is 376 g/mol. The standard InChI is InChI=1S/C13H30O8P2/c1-6-18-22(15,19-7-2)13(17-5,11-10-12-14)23(16,20-8-3)21-9-4/h14H,6-12H2,1-5H3. The highest BCUT2D eigenvalue weighted by atomic mass is 31.2. The highest BCUT2D eigenvalue weighted by Gasteiger charge is 2.65. The van der Waals surface area contributed by atoms with Gasteiger partial charge >= 0.3 is 15.2 Å². The predicted molar refractivity (Wildman–Crippen MR) is 87.8 cm³/mol. The Hall–Kier alpha value is 0.220. The molecule has 0 heterocycles. The maximum Gasteiger partial charge on any atom is 0.374 e. The van der Waals surface area contributed by atoms with Gasteiger partial charge in [-0.3, -0.25) is 9.13 Å². The van der Waals surface area contributed by atoms with E-state index in [0.29, 0.717) is 0 Å².